The lowest BCUT2D eigenvalue weighted by Crippen LogP contribution is -2.31. The smallest absolute Gasteiger partial charge is 0.251 e. The topological polar surface area (TPSA) is 98.6 Å². The summed E-state index contributed by atoms with van der Waals surface area (Å²) in [6.45, 7) is 5.10. The van der Waals surface area contributed by atoms with E-state index in [9.17, 15) is 9.90 Å². The number of carbonyl (C=O) groups excluding carboxylic acids is 1. The Labute approximate surface area is 153 Å². The second-order valence-corrected chi connectivity index (χ2v) is 6.58. The van der Waals surface area contributed by atoms with Crippen LogP contribution in [-0.4, -0.2) is 37.2 Å². The molecular weight excluding hydrogens is 332 g/mol. The highest BCUT2D eigenvalue weighted by atomic mass is 16.3. The molecule has 2 heterocycles. The van der Waals surface area contributed by atoms with E-state index in [1.165, 1.54) is 6.07 Å². The molecule has 140 valence electrons. The Morgan fingerprint density at radius 2 is 2.19 bits per heavy atom. The minimum atomic E-state index is -0.168. The zero-order chi connectivity index (χ0) is 18.4. The largest absolute Gasteiger partial charge is 0.508 e. The van der Waals surface area contributed by atoms with Crippen molar-refractivity contribution in [3.8, 4) is 5.75 Å². The minimum absolute atomic E-state index is 0.0967. The number of nitrogens with one attached hydrogen (secondary N) is 4. The van der Waals surface area contributed by atoms with Crippen molar-refractivity contribution in [2.24, 2.45) is 5.92 Å². The van der Waals surface area contributed by atoms with Crippen molar-refractivity contribution in [3.05, 3.63) is 53.5 Å². The first-order valence-electron chi connectivity index (χ1n) is 8.96. The average molecular weight is 358 g/mol. The van der Waals surface area contributed by atoms with E-state index in [0.29, 0.717) is 18.0 Å². The predicted octanol–water partition coefficient (Wildman–Crippen LogP) is 1.47. The van der Waals surface area contributed by atoms with Gasteiger partial charge < -0.3 is 20.2 Å². The first-order chi connectivity index (χ1) is 12.6. The molecule has 2 aromatic rings. The fourth-order valence-electron chi connectivity index (χ4n) is 3.10. The standard InChI is InChI=1S/C19H26N4O3/c1-13-6-7-17(26-13)18-15(12-22-23-18)11-20-8-3-9-21-19(25)14-4-2-5-16(24)10-14/h2,4-7,10,15,18,20,22-24H,3,8-9,11-12H2,1H3,(H,21,25). The first-order valence-corrected chi connectivity index (χ1v) is 8.96. The van der Waals surface area contributed by atoms with Crippen LogP contribution in [0.5, 0.6) is 5.75 Å². The molecule has 0 bridgehead atoms. The molecule has 7 nitrogen and oxygen atoms in total. The molecule has 3 rings (SSSR count). The molecule has 1 aliphatic rings. The van der Waals surface area contributed by atoms with E-state index in [4.69, 9.17) is 4.42 Å². The highest BCUT2D eigenvalue weighted by Crippen LogP contribution is 2.25. The van der Waals surface area contributed by atoms with Crippen molar-refractivity contribution in [1.82, 2.24) is 21.5 Å². The molecule has 1 amide bonds. The lowest BCUT2D eigenvalue weighted by molar-refractivity contribution is 0.0953. The van der Waals surface area contributed by atoms with E-state index in [1.807, 2.05) is 19.1 Å². The molecule has 1 aromatic carbocycles. The third-order valence-electron chi connectivity index (χ3n) is 4.49. The number of carbonyl (C=O) groups is 1. The summed E-state index contributed by atoms with van der Waals surface area (Å²) in [5.74, 6) is 2.21. The van der Waals surface area contributed by atoms with Crippen LogP contribution in [0.15, 0.2) is 40.8 Å². The minimum Gasteiger partial charge on any atom is -0.508 e. The highest BCUT2D eigenvalue weighted by molar-refractivity contribution is 5.94. The number of hydrogen-bond donors (Lipinski definition) is 5. The Morgan fingerprint density at radius 1 is 1.31 bits per heavy atom. The van der Waals surface area contributed by atoms with Crippen LogP contribution in [0.1, 0.15) is 34.3 Å². The zero-order valence-electron chi connectivity index (χ0n) is 14.9. The van der Waals surface area contributed by atoms with Gasteiger partial charge in [-0.2, -0.15) is 0 Å². The third kappa shape index (κ3) is 4.85. The normalized spacial score (nSPS) is 19.6. The van der Waals surface area contributed by atoms with E-state index in [1.54, 1.807) is 18.2 Å². The molecule has 1 fully saturated rings. The van der Waals surface area contributed by atoms with Gasteiger partial charge in [-0.05, 0) is 50.2 Å². The summed E-state index contributed by atoms with van der Waals surface area (Å²) in [5, 5.41) is 15.7. The predicted molar refractivity (Wildman–Crippen MR) is 98.7 cm³/mol. The van der Waals surface area contributed by atoms with Crippen LogP contribution in [0, 0.1) is 12.8 Å². The van der Waals surface area contributed by atoms with E-state index in [-0.39, 0.29) is 17.7 Å². The van der Waals surface area contributed by atoms with Crippen LogP contribution >= 0.6 is 0 Å². The molecule has 0 spiro atoms. The number of aromatic hydroxyl groups is 1. The van der Waals surface area contributed by atoms with E-state index in [2.05, 4.69) is 21.5 Å². The van der Waals surface area contributed by atoms with Crippen LogP contribution in [-0.2, 0) is 0 Å². The Hall–Kier alpha value is -2.35. The number of furan rings is 1. The van der Waals surface area contributed by atoms with Crippen LogP contribution < -0.4 is 21.5 Å². The molecule has 1 aromatic heterocycles. The van der Waals surface area contributed by atoms with Crippen LogP contribution in [0.25, 0.3) is 0 Å². The Kier molecular flexibility index (Phi) is 6.27. The SMILES string of the molecule is Cc1ccc(C2NNCC2CNCCCNC(=O)c2cccc(O)c2)o1. The molecule has 0 aliphatic carbocycles. The van der Waals surface area contributed by atoms with Crippen molar-refractivity contribution in [2.45, 2.75) is 19.4 Å². The molecule has 2 unspecified atom stereocenters. The van der Waals surface area contributed by atoms with Crippen LogP contribution in [0.4, 0.5) is 0 Å². The van der Waals surface area contributed by atoms with Gasteiger partial charge in [0.25, 0.3) is 5.91 Å². The van der Waals surface area contributed by atoms with Gasteiger partial charge in [-0.25, -0.2) is 5.43 Å². The lowest BCUT2D eigenvalue weighted by atomic mass is 10.00. The van der Waals surface area contributed by atoms with E-state index < -0.39 is 0 Å². The maximum absolute atomic E-state index is 12.0. The number of hydrogen-bond acceptors (Lipinski definition) is 6. The Morgan fingerprint density at radius 3 is 2.96 bits per heavy atom. The van der Waals surface area contributed by atoms with E-state index in [0.717, 1.165) is 37.6 Å². The summed E-state index contributed by atoms with van der Waals surface area (Å²) in [5.41, 5.74) is 6.93. The highest BCUT2D eigenvalue weighted by Gasteiger charge is 2.29. The second-order valence-electron chi connectivity index (χ2n) is 6.58. The number of benzene rings is 1. The van der Waals surface area contributed by atoms with Gasteiger partial charge >= 0.3 is 0 Å². The van der Waals surface area contributed by atoms with Crippen LogP contribution in [0.2, 0.25) is 0 Å². The maximum Gasteiger partial charge on any atom is 0.251 e. The summed E-state index contributed by atoms with van der Waals surface area (Å²) in [7, 11) is 0. The van der Waals surface area contributed by atoms with Gasteiger partial charge in [0.05, 0.1) is 6.04 Å². The number of phenols is 1. The molecule has 0 radical (unpaired) electrons. The molecule has 1 saturated heterocycles. The number of aryl methyl sites for hydroxylation is 1. The molecule has 0 saturated carbocycles. The lowest BCUT2D eigenvalue weighted by Gasteiger charge is -2.17. The first kappa shape index (κ1) is 18.4. The average Bonchev–Trinajstić information content (AvgIpc) is 3.26. The summed E-state index contributed by atoms with van der Waals surface area (Å²) in [6, 6.07) is 10.5. The van der Waals surface area contributed by atoms with Gasteiger partial charge in [0.15, 0.2) is 0 Å². The van der Waals surface area contributed by atoms with Gasteiger partial charge in [0.2, 0.25) is 0 Å². The van der Waals surface area contributed by atoms with Crippen molar-refractivity contribution >= 4 is 5.91 Å². The molecule has 1 aliphatic heterocycles. The van der Waals surface area contributed by atoms with Crippen molar-refractivity contribution < 1.29 is 14.3 Å². The Balaban J connectivity index is 1.33. The summed E-state index contributed by atoms with van der Waals surface area (Å²) in [4.78, 5) is 12.0. The molecule has 5 N–H and O–H groups in total. The molecular formula is C19H26N4O3. The number of hydrazine groups is 1. The summed E-state index contributed by atoms with van der Waals surface area (Å²) in [6.07, 6.45) is 0.836. The zero-order valence-corrected chi connectivity index (χ0v) is 14.9. The summed E-state index contributed by atoms with van der Waals surface area (Å²) < 4.78 is 5.72. The van der Waals surface area contributed by atoms with Gasteiger partial charge in [0, 0.05) is 31.1 Å². The van der Waals surface area contributed by atoms with E-state index >= 15 is 0 Å². The molecule has 2 atom stereocenters. The number of rotatable bonds is 8. The van der Waals surface area contributed by atoms with Gasteiger partial charge in [-0.1, -0.05) is 6.07 Å². The fourth-order valence-corrected chi connectivity index (χ4v) is 3.10. The van der Waals surface area contributed by atoms with Crippen molar-refractivity contribution in [1.29, 1.82) is 0 Å². The Bertz CT molecular complexity index is 731. The van der Waals surface area contributed by atoms with Crippen molar-refractivity contribution in [3.63, 3.8) is 0 Å². The number of amides is 1. The van der Waals surface area contributed by atoms with Gasteiger partial charge in [0.1, 0.15) is 17.3 Å². The third-order valence-corrected chi connectivity index (χ3v) is 4.49. The van der Waals surface area contributed by atoms with Crippen LogP contribution in [0.3, 0.4) is 0 Å². The summed E-state index contributed by atoms with van der Waals surface area (Å²) >= 11 is 0. The monoisotopic (exact) mass is 358 g/mol. The second kappa shape index (κ2) is 8.84. The fraction of sp³-hybridized carbons (Fsp3) is 0.421. The van der Waals surface area contributed by atoms with Gasteiger partial charge in [-0.3, -0.25) is 10.2 Å². The number of phenolic OH excluding ortho intramolecular Hbond substituents is 1. The van der Waals surface area contributed by atoms with Gasteiger partial charge in [-0.15, -0.1) is 0 Å². The molecule has 7 heteroatoms. The quantitative estimate of drug-likeness (QED) is 0.459. The van der Waals surface area contributed by atoms with Crippen molar-refractivity contribution in [2.75, 3.05) is 26.2 Å². The molecule has 26 heavy (non-hydrogen) atoms. The maximum atomic E-state index is 12.0.